The molecule has 13 heavy (non-hydrogen) atoms. The smallest absolute Gasteiger partial charge is 0.125 e. The van der Waals surface area contributed by atoms with Crippen LogP contribution in [0.4, 0.5) is 5.82 Å². The lowest BCUT2D eigenvalue weighted by Crippen LogP contribution is -2.11. The van der Waals surface area contributed by atoms with E-state index < -0.39 is 0 Å². The molecule has 1 rings (SSSR count). The van der Waals surface area contributed by atoms with Gasteiger partial charge in [0.2, 0.25) is 0 Å². The summed E-state index contributed by atoms with van der Waals surface area (Å²) in [4.78, 5) is 8.15. The monoisotopic (exact) mass is 178 g/mol. The van der Waals surface area contributed by atoms with Crippen molar-refractivity contribution in [3.05, 3.63) is 24.4 Å². The molecule has 70 valence electrons. The van der Waals surface area contributed by atoms with E-state index in [0.29, 0.717) is 12.4 Å². The number of amidine groups is 1. The minimum absolute atomic E-state index is 0.614. The Bertz CT molecular complexity index is 264. The molecule has 0 unspecified atom stereocenters. The van der Waals surface area contributed by atoms with E-state index in [-0.39, 0.29) is 0 Å². The van der Waals surface area contributed by atoms with Crippen molar-refractivity contribution in [2.45, 2.75) is 6.92 Å². The average molecular weight is 178 g/mol. The van der Waals surface area contributed by atoms with Gasteiger partial charge in [-0.2, -0.15) is 0 Å². The summed E-state index contributed by atoms with van der Waals surface area (Å²) in [6, 6.07) is 5.74. The summed E-state index contributed by atoms with van der Waals surface area (Å²) in [5.41, 5.74) is 5.38. The number of hydrogen-bond donors (Lipinski definition) is 2. The van der Waals surface area contributed by atoms with Gasteiger partial charge in [-0.25, -0.2) is 4.98 Å². The normalized spacial score (nSPS) is 11.3. The second kappa shape index (κ2) is 5.13. The van der Waals surface area contributed by atoms with Crippen LogP contribution in [0.3, 0.4) is 0 Å². The first kappa shape index (κ1) is 9.51. The van der Waals surface area contributed by atoms with Gasteiger partial charge in [-0.1, -0.05) is 6.07 Å². The van der Waals surface area contributed by atoms with E-state index in [2.05, 4.69) is 15.3 Å². The lowest BCUT2D eigenvalue weighted by atomic mass is 10.4. The van der Waals surface area contributed by atoms with Crippen molar-refractivity contribution in [3.8, 4) is 0 Å². The number of hydrogen-bond acceptors (Lipinski definition) is 3. The Hall–Kier alpha value is -1.58. The van der Waals surface area contributed by atoms with E-state index in [1.54, 1.807) is 13.1 Å². The van der Waals surface area contributed by atoms with Gasteiger partial charge in [0.25, 0.3) is 0 Å². The maximum absolute atomic E-state index is 5.38. The van der Waals surface area contributed by atoms with Crippen molar-refractivity contribution in [3.63, 3.8) is 0 Å². The second-order valence-electron chi connectivity index (χ2n) is 2.66. The summed E-state index contributed by atoms with van der Waals surface area (Å²) in [7, 11) is 0. The SMILES string of the molecule is CC(N)=NCCNc1ccccn1. The Morgan fingerprint density at radius 2 is 2.46 bits per heavy atom. The summed E-state index contributed by atoms with van der Waals surface area (Å²) < 4.78 is 0. The summed E-state index contributed by atoms with van der Waals surface area (Å²) in [5, 5.41) is 3.13. The highest BCUT2D eigenvalue weighted by atomic mass is 15.0. The Morgan fingerprint density at radius 3 is 3.08 bits per heavy atom. The van der Waals surface area contributed by atoms with Crippen molar-refractivity contribution in [1.29, 1.82) is 0 Å². The second-order valence-corrected chi connectivity index (χ2v) is 2.66. The molecule has 0 saturated heterocycles. The van der Waals surface area contributed by atoms with Crippen LogP contribution >= 0.6 is 0 Å². The van der Waals surface area contributed by atoms with Crippen LogP contribution in [-0.2, 0) is 0 Å². The first-order chi connectivity index (χ1) is 6.29. The van der Waals surface area contributed by atoms with Gasteiger partial charge in [0, 0.05) is 12.7 Å². The van der Waals surface area contributed by atoms with Gasteiger partial charge in [0.15, 0.2) is 0 Å². The number of aromatic nitrogens is 1. The van der Waals surface area contributed by atoms with Crippen LogP contribution in [0.2, 0.25) is 0 Å². The Labute approximate surface area is 77.9 Å². The maximum Gasteiger partial charge on any atom is 0.125 e. The number of rotatable bonds is 4. The first-order valence-electron chi connectivity index (χ1n) is 4.20. The number of anilines is 1. The Morgan fingerprint density at radius 1 is 1.62 bits per heavy atom. The van der Waals surface area contributed by atoms with Gasteiger partial charge in [0.1, 0.15) is 5.82 Å². The molecule has 0 aromatic carbocycles. The summed E-state index contributed by atoms with van der Waals surface area (Å²) in [6.45, 7) is 3.21. The van der Waals surface area contributed by atoms with Crippen LogP contribution in [0.5, 0.6) is 0 Å². The molecule has 0 aliphatic carbocycles. The highest BCUT2D eigenvalue weighted by molar-refractivity contribution is 5.77. The zero-order chi connectivity index (χ0) is 9.52. The van der Waals surface area contributed by atoms with Gasteiger partial charge in [-0.3, -0.25) is 4.99 Å². The number of pyridine rings is 1. The third kappa shape index (κ3) is 4.10. The summed E-state index contributed by atoms with van der Waals surface area (Å²) >= 11 is 0. The lowest BCUT2D eigenvalue weighted by molar-refractivity contribution is 1.01. The number of nitrogens with one attached hydrogen (secondary N) is 1. The fourth-order valence-corrected chi connectivity index (χ4v) is 0.884. The van der Waals surface area contributed by atoms with Crippen molar-refractivity contribution >= 4 is 11.7 Å². The average Bonchev–Trinajstić information content (AvgIpc) is 2.14. The Kier molecular flexibility index (Phi) is 3.75. The zero-order valence-electron chi connectivity index (χ0n) is 7.70. The third-order valence-corrected chi connectivity index (χ3v) is 1.44. The molecular weight excluding hydrogens is 164 g/mol. The molecule has 0 fully saturated rings. The number of nitrogens with two attached hydrogens (primary N) is 1. The summed E-state index contributed by atoms with van der Waals surface area (Å²) in [6.07, 6.45) is 1.75. The molecule has 0 saturated carbocycles. The standard InChI is InChI=1S/C9H14N4/c1-8(10)11-6-7-13-9-4-2-3-5-12-9/h2-5H,6-7H2,1H3,(H2,10,11)(H,12,13). The van der Waals surface area contributed by atoms with E-state index in [9.17, 15) is 0 Å². The van der Waals surface area contributed by atoms with Crippen LogP contribution < -0.4 is 11.1 Å². The van der Waals surface area contributed by atoms with E-state index in [4.69, 9.17) is 5.73 Å². The molecule has 0 aliphatic heterocycles. The molecule has 0 spiro atoms. The van der Waals surface area contributed by atoms with E-state index in [1.165, 1.54) is 0 Å². The third-order valence-electron chi connectivity index (χ3n) is 1.44. The molecule has 0 bridgehead atoms. The number of aliphatic imine (C=N–C) groups is 1. The van der Waals surface area contributed by atoms with Gasteiger partial charge < -0.3 is 11.1 Å². The van der Waals surface area contributed by atoms with E-state index in [1.807, 2.05) is 18.2 Å². The molecule has 0 aliphatic rings. The fourth-order valence-electron chi connectivity index (χ4n) is 0.884. The lowest BCUT2D eigenvalue weighted by Gasteiger charge is -2.01. The van der Waals surface area contributed by atoms with Crippen molar-refractivity contribution in [2.24, 2.45) is 10.7 Å². The van der Waals surface area contributed by atoms with Crippen LogP contribution in [0.25, 0.3) is 0 Å². The van der Waals surface area contributed by atoms with Crippen LogP contribution in [0.1, 0.15) is 6.92 Å². The van der Waals surface area contributed by atoms with Crippen molar-refractivity contribution in [2.75, 3.05) is 18.4 Å². The van der Waals surface area contributed by atoms with Crippen LogP contribution in [0.15, 0.2) is 29.4 Å². The van der Waals surface area contributed by atoms with Gasteiger partial charge in [-0.15, -0.1) is 0 Å². The molecule has 4 nitrogen and oxygen atoms in total. The predicted molar refractivity (Wildman–Crippen MR) is 54.9 cm³/mol. The van der Waals surface area contributed by atoms with Gasteiger partial charge in [-0.05, 0) is 19.1 Å². The molecule has 1 aromatic heterocycles. The van der Waals surface area contributed by atoms with Gasteiger partial charge in [0.05, 0.1) is 12.4 Å². The molecule has 1 heterocycles. The molecule has 0 amide bonds. The molecule has 0 radical (unpaired) electrons. The van der Waals surface area contributed by atoms with Crippen LogP contribution in [0, 0.1) is 0 Å². The zero-order valence-corrected chi connectivity index (χ0v) is 7.70. The maximum atomic E-state index is 5.38. The van der Waals surface area contributed by atoms with Crippen LogP contribution in [-0.4, -0.2) is 23.9 Å². The molecule has 4 heteroatoms. The predicted octanol–water partition coefficient (Wildman–Crippen LogP) is 0.871. The summed E-state index contributed by atoms with van der Waals surface area (Å²) in [5.74, 6) is 1.48. The molecule has 1 aromatic rings. The minimum Gasteiger partial charge on any atom is -0.388 e. The largest absolute Gasteiger partial charge is 0.388 e. The quantitative estimate of drug-likeness (QED) is 0.408. The number of nitrogens with zero attached hydrogens (tertiary/aromatic N) is 2. The van der Waals surface area contributed by atoms with E-state index >= 15 is 0 Å². The fraction of sp³-hybridized carbons (Fsp3) is 0.333. The molecular formula is C9H14N4. The van der Waals surface area contributed by atoms with E-state index in [0.717, 1.165) is 12.4 Å². The first-order valence-corrected chi connectivity index (χ1v) is 4.20. The topological polar surface area (TPSA) is 63.3 Å². The van der Waals surface area contributed by atoms with Crippen molar-refractivity contribution < 1.29 is 0 Å². The highest BCUT2D eigenvalue weighted by Gasteiger charge is 1.88. The van der Waals surface area contributed by atoms with Gasteiger partial charge >= 0.3 is 0 Å². The Balaban J connectivity index is 2.25. The molecule has 3 N–H and O–H groups in total. The minimum atomic E-state index is 0.614. The molecule has 0 atom stereocenters. The van der Waals surface area contributed by atoms with Crippen molar-refractivity contribution in [1.82, 2.24) is 4.98 Å². The highest BCUT2D eigenvalue weighted by Crippen LogP contribution is 1.97.